The van der Waals surface area contributed by atoms with Crippen molar-refractivity contribution in [2.45, 2.75) is 24.4 Å². The van der Waals surface area contributed by atoms with E-state index in [9.17, 15) is 9.18 Å². The minimum Gasteiger partial charge on any atom is -0.378 e. The Morgan fingerprint density at radius 1 is 1.47 bits per heavy atom. The van der Waals surface area contributed by atoms with Crippen molar-refractivity contribution < 1.29 is 13.9 Å². The summed E-state index contributed by atoms with van der Waals surface area (Å²) in [6, 6.07) is 6.45. The summed E-state index contributed by atoms with van der Waals surface area (Å²) in [4.78, 5) is 12.0. The van der Waals surface area contributed by atoms with Gasteiger partial charge in [-0.25, -0.2) is 4.39 Å². The quantitative estimate of drug-likeness (QED) is 0.848. The molecule has 0 bridgehead atoms. The molecule has 1 heterocycles. The number of halogens is 1. The second-order valence-electron chi connectivity index (χ2n) is 5.09. The standard InChI is InChI=1S/C14H17FN2O2/c15-10-3-1-2-9(6-10)11-7-12(11)17-14(18)13-8-19-5-4-16-13/h1-3,6,11-13,16H,4-5,7-8H2,(H,17,18)/t11-,12+,13+/m0/s1. The predicted molar refractivity (Wildman–Crippen MR) is 68.3 cm³/mol. The van der Waals surface area contributed by atoms with Gasteiger partial charge in [0.1, 0.15) is 11.9 Å². The fraction of sp³-hybridized carbons (Fsp3) is 0.500. The molecule has 0 spiro atoms. The van der Waals surface area contributed by atoms with Gasteiger partial charge in [-0.3, -0.25) is 4.79 Å². The van der Waals surface area contributed by atoms with Crippen LogP contribution >= 0.6 is 0 Å². The zero-order valence-electron chi connectivity index (χ0n) is 10.6. The van der Waals surface area contributed by atoms with Crippen LogP contribution in [0.2, 0.25) is 0 Å². The van der Waals surface area contributed by atoms with Crippen molar-refractivity contribution in [1.29, 1.82) is 0 Å². The summed E-state index contributed by atoms with van der Waals surface area (Å²) in [6.45, 7) is 1.78. The molecule has 0 unspecified atom stereocenters. The van der Waals surface area contributed by atoms with E-state index in [0.717, 1.165) is 12.0 Å². The Morgan fingerprint density at radius 2 is 2.37 bits per heavy atom. The van der Waals surface area contributed by atoms with Gasteiger partial charge in [-0.05, 0) is 24.1 Å². The Bertz CT molecular complexity index is 474. The molecule has 2 aliphatic rings. The number of carbonyl (C=O) groups is 1. The van der Waals surface area contributed by atoms with Crippen molar-refractivity contribution in [2.75, 3.05) is 19.8 Å². The van der Waals surface area contributed by atoms with Gasteiger partial charge in [0.15, 0.2) is 0 Å². The third kappa shape index (κ3) is 2.93. The maximum absolute atomic E-state index is 13.1. The molecule has 1 aliphatic heterocycles. The highest BCUT2D eigenvalue weighted by molar-refractivity contribution is 5.82. The van der Waals surface area contributed by atoms with Gasteiger partial charge >= 0.3 is 0 Å². The number of ether oxygens (including phenoxy) is 1. The molecule has 19 heavy (non-hydrogen) atoms. The Hall–Kier alpha value is -1.46. The van der Waals surface area contributed by atoms with Gasteiger partial charge in [-0.1, -0.05) is 12.1 Å². The first-order valence-corrected chi connectivity index (χ1v) is 6.61. The molecule has 1 saturated carbocycles. The summed E-state index contributed by atoms with van der Waals surface area (Å²) >= 11 is 0. The van der Waals surface area contributed by atoms with Crippen molar-refractivity contribution in [1.82, 2.24) is 10.6 Å². The average molecular weight is 264 g/mol. The molecule has 102 valence electrons. The monoisotopic (exact) mass is 264 g/mol. The molecule has 1 amide bonds. The smallest absolute Gasteiger partial charge is 0.239 e. The Morgan fingerprint density at radius 3 is 3.11 bits per heavy atom. The van der Waals surface area contributed by atoms with Gasteiger partial charge in [-0.15, -0.1) is 0 Å². The maximum atomic E-state index is 13.1. The number of nitrogens with one attached hydrogen (secondary N) is 2. The van der Waals surface area contributed by atoms with E-state index in [1.165, 1.54) is 6.07 Å². The van der Waals surface area contributed by atoms with E-state index in [1.807, 2.05) is 6.07 Å². The minimum atomic E-state index is -0.262. The van der Waals surface area contributed by atoms with Crippen molar-refractivity contribution in [3.05, 3.63) is 35.6 Å². The molecule has 3 atom stereocenters. The van der Waals surface area contributed by atoms with Crippen LogP contribution in [0, 0.1) is 5.82 Å². The zero-order valence-corrected chi connectivity index (χ0v) is 10.6. The van der Waals surface area contributed by atoms with Crippen molar-refractivity contribution in [3.63, 3.8) is 0 Å². The summed E-state index contributed by atoms with van der Waals surface area (Å²) in [5.41, 5.74) is 0.957. The molecule has 4 nitrogen and oxygen atoms in total. The largest absolute Gasteiger partial charge is 0.378 e. The van der Waals surface area contributed by atoms with Crippen LogP contribution in [0.4, 0.5) is 4.39 Å². The highest BCUT2D eigenvalue weighted by Crippen LogP contribution is 2.40. The number of morpholine rings is 1. The summed E-state index contributed by atoms with van der Waals surface area (Å²) in [7, 11) is 0. The number of amides is 1. The second kappa shape index (κ2) is 5.27. The first-order valence-electron chi connectivity index (χ1n) is 6.61. The second-order valence-corrected chi connectivity index (χ2v) is 5.09. The Balaban J connectivity index is 1.54. The van der Waals surface area contributed by atoms with E-state index in [-0.39, 0.29) is 29.7 Å². The van der Waals surface area contributed by atoms with Crippen molar-refractivity contribution in [3.8, 4) is 0 Å². The van der Waals surface area contributed by atoms with Crippen LogP contribution in [0.3, 0.4) is 0 Å². The fourth-order valence-corrected chi connectivity index (χ4v) is 2.48. The first-order chi connectivity index (χ1) is 9.24. The minimum absolute atomic E-state index is 0.0244. The fourth-order valence-electron chi connectivity index (χ4n) is 2.48. The molecule has 2 fully saturated rings. The molecule has 0 radical (unpaired) electrons. The van der Waals surface area contributed by atoms with Crippen LogP contribution in [-0.2, 0) is 9.53 Å². The third-order valence-corrected chi connectivity index (χ3v) is 3.63. The Kier molecular flexibility index (Phi) is 3.48. The van der Waals surface area contributed by atoms with Crippen molar-refractivity contribution in [2.24, 2.45) is 0 Å². The summed E-state index contributed by atoms with van der Waals surface area (Å²) in [5.74, 6) is -0.00964. The topological polar surface area (TPSA) is 50.4 Å². The number of hydrogen-bond donors (Lipinski definition) is 2. The van der Waals surface area contributed by atoms with E-state index in [1.54, 1.807) is 12.1 Å². The van der Waals surface area contributed by atoms with E-state index in [2.05, 4.69) is 10.6 Å². The molecule has 3 rings (SSSR count). The molecule has 2 N–H and O–H groups in total. The molecule has 1 aromatic rings. The van der Waals surface area contributed by atoms with E-state index in [0.29, 0.717) is 19.8 Å². The van der Waals surface area contributed by atoms with Crippen LogP contribution in [0.25, 0.3) is 0 Å². The van der Waals surface area contributed by atoms with E-state index < -0.39 is 0 Å². The average Bonchev–Trinajstić information content (AvgIpc) is 3.19. The van der Waals surface area contributed by atoms with Crippen LogP contribution in [0.15, 0.2) is 24.3 Å². The van der Waals surface area contributed by atoms with Gasteiger partial charge in [0.2, 0.25) is 5.91 Å². The lowest BCUT2D eigenvalue weighted by Gasteiger charge is -2.22. The van der Waals surface area contributed by atoms with Crippen LogP contribution < -0.4 is 10.6 Å². The molecule has 1 aliphatic carbocycles. The first kappa shape index (κ1) is 12.6. The highest BCUT2D eigenvalue weighted by Gasteiger charge is 2.40. The van der Waals surface area contributed by atoms with Gasteiger partial charge in [0.05, 0.1) is 13.2 Å². The predicted octanol–water partition coefficient (Wildman–Crippen LogP) is 0.786. The number of carbonyl (C=O) groups excluding carboxylic acids is 1. The van der Waals surface area contributed by atoms with Gasteiger partial charge < -0.3 is 15.4 Å². The molecule has 1 aromatic carbocycles. The zero-order chi connectivity index (χ0) is 13.2. The Labute approximate surface area is 111 Å². The lowest BCUT2D eigenvalue weighted by atomic mass is 10.1. The SMILES string of the molecule is O=C(N[C@@H]1C[C@H]1c1cccc(F)c1)[C@H]1COCCN1. The maximum Gasteiger partial charge on any atom is 0.239 e. The van der Waals surface area contributed by atoms with Gasteiger partial charge in [-0.2, -0.15) is 0 Å². The number of benzene rings is 1. The molecule has 0 aromatic heterocycles. The molecular weight excluding hydrogens is 247 g/mol. The van der Waals surface area contributed by atoms with Crippen molar-refractivity contribution >= 4 is 5.91 Å². The van der Waals surface area contributed by atoms with Gasteiger partial charge in [0.25, 0.3) is 0 Å². The van der Waals surface area contributed by atoms with Gasteiger partial charge in [0, 0.05) is 18.5 Å². The summed E-state index contributed by atoms with van der Waals surface area (Å²) < 4.78 is 18.4. The lowest BCUT2D eigenvalue weighted by Crippen LogP contribution is -2.51. The summed E-state index contributed by atoms with van der Waals surface area (Å²) in [6.07, 6.45) is 0.878. The van der Waals surface area contributed by atoms with E-state index in [4.69, 9.17) is 4.74 Å². The number of rotatable bonds is 3. The van der Waals surface area contributed by atoms with Crippen LogP contribution in [-0.4, -0.2) is 37.7 Å². The lowest BCUT2D eigenvalue weighted by molar-refractivity contribution is -0.126. The summed E-state index contributed by atoms with van der Waals surface area (Å²) in [5, 5.41) is 6.11. The normalized spacial score (nSPS) is 29.8. The molecular formula is C14H17FN2O2. The van der Waals surface area contributed by atoms with Crippen LogP contribution in [0.5, 0.6) is 0 Å². The van der Waals surface area contributed by atoms with E-state index >= 15 is 0 Å². The molecule has 5 heteroatoms. The highest BCUT2D eigenvalue weighted by atomic mass is 19.1. The molecule has 1 saturated heterocycles. The van der Waals surface area contributed by atoms with Crippen LogP contribution in [0.1, 0.15) is 17.9 Å². The number of hydrogen-bond acceptors (Lipinski definition) is 3. The third-order valence-electron chi connectivity index (χ3n) is 3.63.